The molecule has 1 fully saturated rings. The van der Waals surface area contributed by atoms with Gasteiger partial charge in [-0.1, -0.05) is 11.3 Å². The van der Waals surface area contributed by atoms with Crippen LogP contribution < -0.4 is 0 Å². The van der Waals surface area contributed by atoms with Gasteiger partial charge in [-0.25, -0.2) is 8.78 Å². The molecule has 4 unspecified atom stereocenters. The van der Waals surface area contributed by atoms with Gasteiger partial charge in [-0.15, -0.1) is 21.5 Å². The normalized spacial score (nSPS) is 26.1. The molecule has 31 heavy (non-hydrogen) atoms. The van der Waals surface area contributed by atoms with E-state index in [1.807, 2.05) is 24.9 Å². The van der Waals surface area contributed by atoms with Gasteiger partial charge in [-0.2, -0.15) is 5.10 Å². The Labute approximate surface area is 186 Å². The van der Waals surface area contributed by atoms with Crippen molar-refractivity contribution < 1.29 is 13.6 Å². The molecular weight excluding hydrogens is 440 g/mol. The van der Waals surface area contributed by atoms with Crippen molar-refractivity contribution >= 4 is 28.6 Å². The maximum absolute atomic E-state index is 14.4. The highest BCUT2D eigenvalue weighted by molar-refractivity contribution is 7.13. The molecule has 0 saturated heterocycles. The van der Waals surface area contributed by atoms with Crippen LogP contribution in [-0.2, 0) is 13.6 Å². The van der Waals surface area contributed by atoms with Gasteiger partial charge in [0.1, 0.15) is 17.4 Å². The molecule has 4 heterocycles. The third-order valence-corrected chi connectivity index (χ3v) is 8.44. The standard InChI is InChI=1S/C21H23F2N5OS2/c1-11-15(8-24-27(11)2)16-9-28(10-18-13(16)5-6-30-18)21(29)20-26-25-19(31-20)14-4-3-12(22)7-17(14)23/h5-6,8,12,14,16-17H,3-4,7,9-10H2,1-2H3. The molecule has 1 aliphatic heterocycles. The molecule has 3 aromatic heterocycles. The Morgan fingerprint density at radius 1 is 1.23 bits per heavy atom. The molecule has 5 rings (SSSR count). The number of amides is 1. The fraction of sp³-hybridized carbons (Fsp3) is 0.524. The SMILES string of the molecule is Cc1c(C2CN(C(=O)c3nnc(C4CCC(F)CC4F)s3)Cc3sccc32)cnn1C. The van der Waals surface area contributed by atoms with Gasteiger partial charge in [0.15, 0.2) is 0 Å². The Morgan fingerprint density at radius 2 is 2.06 bits per heavy atom. The van der Waals surface area contributed by atoms with Gasteiger partial charge in [0.2, 0.25) is 5.01 Å². The van der Waals surface area contributed by atoms with E-state index >= 15 is 0 Å². The van der Waals surface area contributed by atoms with E-state index in [2.05, 4.69) is 26.7 Å². The molecule has 0 bridgehead atoms. The fourth-order valence-corrected chi connectivity index (χ4v) is 6.53. The Hall–Kier alpha value is -2.20. The van der Waals surface area contributed by atoms with E-state index in [-0.39, 0.29) is 23.3 Å². The number of aromatic nitrogens is 4. The van der Waals surface area contributed by atoms with E-state index < -0.39 is 18.3 Å². The van der Waals surface area contributed by atoms with Crippen LogP contribution in [0, 0.1) is 6.92 Å². The van der Waals surface area contributed by atoms with E-state index in [0.29, 0.717) is 30.9 Å². The number of alkyl halides is 2. The summed E-state index contributed by atoms with van der Waals surface area (Å²) in [5.41, 5.74) is 3.43. The Kier molecular flexibility index (Phi) is 5.37. The van der Waals surface area contributed by atoms with E-state index in [4.69, 9.17) is 0 Å². The topological polar surface area (TPSA) is 63.9 Å². The number of nitrogens with zero attached hydrogens (tertiary/aromatic N) is 5. The predicted octanol–water partition coefficient (Wildman–Crippen LogP) is 4.37. The van der Waals surface area contributed by atoms with Crippen LogP contribution >= 0.6 is 22.7 Å². The summed E-state index contributed by atoms with van der Waals surface area (Å²) in [6, 6.07) is 2.13. The van der Waals surface area contributed by atoms with Gasteiger partial charge in [-0.3, -0.25) is 9.48 Å². The lowest BCUT2D eigenvalue weighted by Gasteiger charge is -2.32. The molecule has 1 amide bonds. The summed E-state index contributed by atoms with van der Waals surface area (Å²) < 4.78 is 29.7. The number of carbonyl (C=O) groups is 1. The van der Waals surface area contributed by atoms with Crippen LogP contribution in [0.5, 0.6) is 0 Å². The number of rotatable bonds is 3. The zero-order valence-corrected chi connectivity index (χ0v) is 18.9. The average Bonchev–Trinajstić information content (AvgIpc) is 3.48. The summed E-state index contributed by atoms with van der Waals surface area (Å²) in [5.74, 6) is -0.610. The minimum Gasteiger partial charge on any atom is -0.330 e. The molecule has 0 N–H and O–H groups in total. The summed E-state index contributed by atoms with van der Waals surface area (Å²) in [7, 11) is 1.91. The molecule has 0 aromatic carbocycles. The number of carbonyl (C=O) groups excluding carboxylic acids is 1. The average molecular weight is 464 g/mol. The Balaban J connectivity index is 1.39. The summed E-state index contributed by atoms with van der Waals surface area (Å²) >= 11 is 2.79. The van der Waals surface area contributed by atoms with Crippen molar-refractivity contribution in [1.29, 1.82) is 0 Å². The van der Waals surface area contributed by atoms with Crippen LogP contribution in [0.15, 0.2) is 17.6 Å². The van der Waals surface area contributed by atoms with Crippen LogP contribution in [0.4, 0.5) is 8.78 Å². The van der Waals surface area contributed by atoms with Crippen LogP contribution in [0.3, 0.4) is 0 Å². The summed E-state index contributed by atoms with van der Waals surface area (Å²) in [4.78, 5) is 16.2. The van der Waals surface area contributed by atoms with Crippen molar-refractivity contribution in [2.75, 3.05) is 6.54 Å². The van der Waals surface area contributed by atoms with Crippen molar-refractivity contribution in [3.05, 3.63) is 49.4 Å². The number of thiophene rings is 1. The van der Waals surface area contributed by atoms with E-state index in [1.165, 1.54) is 5.56 Å². The van der Waals surface area contributed by atoms with Crippen LogP contribution in [-0.4, -0.2) is 49.7 Å². The van der Waals surface area contributed by atoms with E-state index in [9.17, 15) is 13.6 Å². The van der Waals surface area contributed by atoms with E-state index in [0.717, 1.165) is 27.5 Å². The van der Waals surface area contributed by atoms with Crippen molar-refractivity contribution in [3.8, 4) is 0 Å². The maximum atomic E-state index is 14.4. The summed E-state index contributed by atoms with van der Waals surface area (Å²) in [5, 5.41) is 15.4. The minimum atomic E-state index is -1.28. The number of hydrogen-bond donors (Lipinski definition) is 0. The van der Waals surface area contributed by atoms with Crippen molar-refractivity contribution in [2.45, 2.75) is 56.9 Å². The van der Waals surface area contributed by atoms with Crippen LogP contribution in [0.2, 0.25) is 0 Å². The van der Waals surface area contributed by atoms with Crippen molar-refractivity contribution in [3.63, 3.8) is 0 Å². The monoisotopic (exact) mass is 463 g/mol. The Bertz CT molecular complexity index is 1110. The number of hydrogen-bond acceptors (Lipinski definition) is 6. The van der Waals surface area contributed by atoms with Gasteiger partial charge in [0.05, 0.1) is 12.7 Å². The van der Waals surface area contributed by atoms with Gasteiger partial charge in [0.25, 0.3) is 5.91 Å². The van der Waals surface area contributed by atoms with Crippen molar-refractivity contribution in [1.82, 2.24) is 24.9 Å². The zero-order chi connectivity index (χ0) is 21.7. The second-order valence-corrected chi connectivity index (χ2v) is 10.3. The van der Waals surface area contributed by atoms with Gasteiger partial charge >= 0.3 is 0 Å². The molecule has 1 saturated carbocycles. The molecule has 10 heteroatoms. The lowest BCUT2D eigenvalue weighted by atomic mass is 9.87. The Morgan fingerprint density at radius 3 is 2.81 bits per heavy atom. The first kappa shape index (κ1) is 20.7. The maximum Gasteiger partial charge on any atom is 0.285 e. The van der Waals surface area contributed by atoms with E-state index in [1.54, 1.807) is 16.2 Å². The minimum absolute atomic E-state index is 0.0510. The predicted molar refractivity (Wildman–Crippen MR) is 115 cm³/mol. The van der Waals surface area contributed by atoms with Gasteiger partial charge in [-0.05, 0) is 36.8 Å². The smallest absolute Gasteiger partial charge is 0.285 e. The molecular formula is C21H23F2N5OS2. The third kappa shape index (κ3) is 3.69. The van der Waals surface area contributed by atoms with Crippen LogP contribution in [0.1, 0.15) is 67.6 Å². The lowest BCUT2D eigenvalue weighted by molar-refractivity contribution is 0.0726. The summed E-state index contributed by atoms with van der Waals surface area (Å²) in [6.45, 7) is 3.09. The van der Waals surface area contributed by atoms with Gasteiger partial charge < -0.3 is 4.90 Å². The quantitative estimate of drug-likeness (QED) is 0.579. The molecule has 1 aliphatic carbocycles. The molecule has 164 valence electrons. The lowest BCUT2D eigenvalue weighted by Crippen LogP contribution is -2.38. The number of aryl methyl sites for hydroxylation is 1. The number of halogens is 2. The molecule has 2 aliphatic rings. The highest BCUT2D eigenvalue weighted by atomic mass is 32.1. The molecule has 0 radical (unpaired) electrons. The first-order chi connectivity index (χ1) is 14.9. The number of fused-ring (bicyclic) bond motifs is 1. The molecule has 4 atom stereocenters. The highest BCUT2D eigenvalue weighted by Crippen LogP contribution is 2.40. The largest absolute Gasteiger partial charge is 0.330 e. The fourth-order valence-electron chi connectivity index (χ4n) is 4.58. The molecule has 0 spiro atoms. The zero-order valence-electron chi connectivity index (χ0n) is 17.3. The summed E-state index contributed by atoms with van der Waals surface area (Å²) in [6.07, 6.45) is 0.125. The van der Waals surface area contributed by atoms with Gasteiger partial charge in [0, 0.05) is 48.0 Å². The first-order valence-electron chi connectivity index (χ1n) is 10.4. The second-order valence-electron chi connectivity index (χ2n) is 8.32. The third-order valence-electron chi connectivity index (χ3n) is 6.48. The van der Waals surface area contributed by atoms with Crippen molar-refractivity contribution in [2.24, 2.45) is 7.05 Å². The van der Waals surface area contributed by atoms with Crippen LogP contribution in [0.25, 0.3) is 0 Å². The highest BCUT2D eigenvalue weighted by Gasteiger charge is 2.36. The molecule has 3 aromatic rings. The second kappa shape index (κ2) is 8.05. The first-order valence-corrected chi connectivity index (χ1v) is 12.1. The molecule has 6 nitrogen and oxygen atoms in total.